The Morgan fingerprint density at radius 1 is 1.33 bits per heavy atom. The van der Waals surface area contributed by atoms with E-state index in [2.05, 4.69) is 21.4 Å². The molecule has 0 aliphatic carbocycles. The van der Waals surface area contributed by atoms with Crippen molar-refractivity contribution in [1.29, 1.82) is 0 Å². The molecule has 2 rings (SSSR count). The van der Waals surface area contributed by atoms with Gasteiger partial charge >= 0.3 is 0 Å². The highest BCUT2D eigenvalue weighted by atomic mass is 79.9. The van der Waals surface area contributed by atoms with E-state index in [1.54, 1.807) is 26.2 Å². The molecule has 21 heavy (non-hydrogen) atoms. The molecule has 3 N–H and O–H groups in total. The lowest BCUT2D eigenvalue weighted by Gasteiger charge is -2.19. The fraction of sp³-hybridized carbons (Fsp3) is 0.250. The zero-order valence-electron chi connectivity index (χ0n) is 12.0. The average Bonchev–Trinajstić information content (AvgIpc) is 2.48. The molecule has 1 unspecified atom stereocenters. The Labute approximate surface area is 132 Å². The van der Waals surface area contributed by atoms with Crippen molar-refractivity contribution in [1.82, 2.24) is 5.43 Å². The quantitative estimate of drug-likeness (QED) is 0.637. The number of rotatable bonds is 5. The van der Waals surface area contributed by atoms with Crippen molar-refractivity contribution in [2.75, 3.05) is 7.11 Å². The molecular formula is C16H18BrFN2O. The monoisotopic (exact) mass is 352 g/mol. The molecule has 0 aliphatic heterocycles. The highest BCUT2D eigenvalue weighted by Gasteiger charge is 2.18. The fourth-order valence-electron chi connectivity index (χ4n) is 2.32. The normalized spacial score (nSPS) is 12.2. The van der Waals surface area contributed by atoms with Gasteiger partial charge in [-0.15, -0.1) is 0 Å². The first-order chi connectivity index (χ1) is 10.1. The second-order valence-corrected chi connectivity index (χ2v) is 5.77. The molecule has 5 heteroatoms. The molecule has 2 aromatic carbocycles. The van der Waals surface area contributed by atoms with E-state index in [9.17, 15) is 4.39 Å². The number of hydrogen-bond donors (Lipinski definition) is 2. The first-order valence-corrected chi connectivity index (χ1v) is 7.39. The van der Waals surface area contributed by atoms with E-state index < -0.39 is 0 Å². The molecule has 0 bridgehead atoms. The third-order valence-electron chi connectivity index (χ3n) is 3.46. The smallest absolute Gasteiger partial charge is 0.130 e. The lowest BCUT2D eigenvalue weighted by Crippen LogP contribution is -2.30. The van der Waals surface area contributed by atoms with Crippen LogP contribution in [-0.4, -0.2) is 7.11 Å². The van der Waals surface area contributed by atoms with Crippen molar-refractivity contribution in [2.45, 2.75) is 19.4 Å². The van der Waals surface area contributed by atoms with Gasteiger partial charge in [0, 0.05) is 10.0 Å². The number of hydrogen-bond acceptors (Lipinski definition) is 3. The van der Waals surface area contributed by atoms with Crippen LogP contribution < -0.4 is 16.0 Å². The van der Waals surface area contributed by atoms with Crippen molar-refractivity contribution < 1.29 is 9.13 Å². The number of halogens is 2. The Morgan fingerprint density at radius 3 is 2.76 bits per heavy atom. The molecule has 1 atom stereocenters. The van der Waals surface area contributed by atoms with Crippen molar-refractivity contribution in [3.63, 3.8) is 0 Å². The number of nitrogens with one attached hydrogen (secondary N) is 1. The van der Waals surface area contributed by atoms with Gasteiger partial charge in [0.1, 0.15) is 11.6 Å². The highest BCUT2D eigenvalue weighted by molar-refractivity contribution is 9.10. The number of hydrazine groups is 1. The van der Waals surface area contributed by atoms with E-state index >= 15 is 0 Å². The van der Waals surface area contributed by atoms with Gasteiger partial charge in [0.2, 0.25) is 0 Å². The maximum absolute atomic E-state index is 14.3. The minimum atomic E-state index is -0.326. The molecule has 0 spiro atoms. The molecule has 2 aromatic rings. The van der Waals surface area contributed by atoms with Gasteiger partial charge < -0.3 is 4.74 Å². The summed E-state index contributed by atoms with van der Waals surface area (Å²) in [6, 6.07) is 10.7. The van der Waals surface area contributed by atoms with Crippen LogP contribution in [0.4, 0.5) is 4.39 Å². The van der Waals surface area contributed by atoms with Crippen molar-refractivity contribution in [3.8, 4) is 5.75 Å². The summed E-state index contributed by atoms with van der Waals surface area (Å²) in [5.74, 6) is 6.16. The second kappa shape index (κ2) is 7.02. The number of methoxy groups -OCH3 is 1. The third-order valence-corrected chi connectivity index (χ3v) is 3.96. The Bertz CT molecular complexity index is 634. The van der Waals surface area contributed by atoms with Crippen LogP contribution >= 0.6 is 15.9 Å². The topological polar surface area (TPSA) is 47.3 Å². The number of aryl methyl sites for hydroxylation is 1. The zero-order chi connectivity index (χ0) is 15.4. The van der Waals surface area contributed by atoms with E-state index in [1.807, 2.05) is 24.3 Å². The molecule has 0 heterocycles. The van der Waals surface area contributed by atoms with Gasteiger partial charge in [-0.25, -0.2) is 4.39 Å². The third kappa shape index (κ3) is 3.61. The zero-order valence-corrected chi connectivity index (χ0v) is 13.6. The largest absolute Gasteiger partial charge is 0.496 e. The standard InChI is InChI=1S/C16H18BrFN2O/c1-10-4-3-5-13(16(10)18)14(20-19)9-11-8-12(17)6-7-15(11)21-2/h3-8,14,20H,9,19H2,1-2H3. The van der Waals surface area contributed by atoms with E-state index in [1.165, 1.54) is 0 Å². The maximum atomic E-state index is 14.3. The van der Waals surface area contributed by atoms with E-state index in [-0.39, 0.29) is 11.9 Å². The van der Waals surface area contributed by atoms with Crippen LogP contribution in [0.25, 0.3) is 0 Å². The number of benzene rings is 2. The Morgan fingerprint density at radius 2 is 2.10 bits per heavy atom. The van der Waals surface area contributed by atoms with Crippen molar-refractivity contribution >= 4 is 15.9 Å². The molecule has 0 aromatic heterocycles. The van der Waals surface area contributed by atoms with Crippen LogP contribution in [0, 0.1) is 12.7 Å². The van der Waals surface area contributed by atoms with Crippen molar-refractivity contribution in [2.24, 2.45) is 5.84 Å². The predicted octanol–water partition coefficient (Wildman–Crippen LogP) is 3.65. The van der Waals surface area contributed by atoms with E-state index in [0.29, 0.717) is 17.5 Å². The van der Waals surface area contributed by atoms with Crippen LogP contribution in [0.3, 0.4) is 0 Å². The van der Waals surface area contributed by atoms with Gasteiger partial charge in [-0.1, -0.05) is 34.1 Å². The fourth-order valence-corrected chi connectivity index (χ4v) is 2.73. The van der Waals surface area contributed by atoms with Gasteiger partial charge in [-0.3, -0.25) is 11.3 Å². The lowest BCUT2D eigenvalue weighted by molar-refractivity contribution is 0.404. The summed E-state index contributed by atoms with van der Waals surface area (Å²) in [6.45, 7) is 1.74. The summed E-state index contributed by atoms with van der Waals surface area (Å²) in [5, 5.41) is 0. The molecule has 0 fully saturated rings. The summed E-state index contributed by atoms with van der Waals surface area (Å²) < 4.78 is 20.6. The van der Waals surface area contributed by atoms with Gasteiger partial charge in [-0.05, 0) is 42.7 Å². The average molecular weight is 353 g/mol. The first kappa shape index (κ1) is 15.9. The van der Waals surface area contributed by atoms with Gasteiger partial charge in [0.25, 0.3) is 0 Å². The Kier molecular flexibility index (Phi) is 5.33. The number of ether oxygens (including phenoxy) is 1. The lowest BCUT2D eigenvalue weighted by atomic mass is 9.97. The Balaban J connectivity index is 2.35. The maximum Gasteiger partial charge on any atom is 0.130 e. The summed E-state index contributed by atoms with van der Waals surface area (Å²) in [4.78, 5) is 0. The van der Waals surface area contributed by atoms with Crippen LogP contribution in [0.5, 0.6) is 5.75 Å². The second-order valence-electron chi connectivity index (χ2n) is 4.86. The molecule has 0 amide bonds. The predicted molar refractivity (Wildman–Crippen MR) is 85.6 cm³/mol. The van der Waals surface area contributed by atoms with Gasteiger partial charge in [0.15, 0.2) is 0 Å². The summed E-state index contributed by atoms with van der Waals surface area (Å²) in [7, 11) is 1.62. The minimum absolute atomic E-state index is 0.227. The molecule has 0 saturated heterocycles. The molecule has 112 valence electrons. The van der Waals surface area contributed by atoms with Crippen molar-refractivity contribution in [3.05, 3.63) is 63.4 Å². The minimum Gasteiger partial charge on any atom is -0.496 e. The van der Waals surface area contributed by atoms with E-state index in [0.717, 1.165) is 15.8 Å². The highest BCUT2D eigenvalue weighted by Crippen LogP contribution is 2.29. The number of nitrogens with two attached hydrogens (primary N) is 1. The van der Waals surface area contributed by atoms with E-state index in [4.69, 9.17) is 10.6 Å². The molecular weight excluding hydrogens is 335 g/mol. The summed E-state index contributed by atoms with van der Waals surface area (Å²) >= 11 is 3.44. The van der Waals surface area contributed by atoms with Crippen LogP contribution in [0.2, 0.25) is 0 Å². The van der Waals surface area contributed by atoms with Crippen LogP contribution in [0.1, 0.15) is 22.7 Å². The van der Waals surface area contributed by atoms with Gasteiger partial charge in [0.05, 0.1) is 13.2 Å². The molecule has 0 saturated carbocycles. The van der Waals surface area contributed by atoms with Gasteiger partial charge in [-0.2, -0.15) is 0 Å². The van der Waals surface area contributed by atoms with Crippen LogP contribution in [-0.2, 0) is 6.42 Å². The summed E-state index contributed by atoms with van der Waals surface area (Å²) in [5.41, 5.74) is 4.81. The first-order valence-electron chi connectivity index (χ1n) is 6.60. The van der Waals surface area contributed by atoms with Crippen LogP contribution in [0.15, 0.2) is 40.9 Å². The molecule has 0 radical (unpaired) electrons. The SMILES string of the molecule is COc1ccc(Br)cc1CC(NN)c1cccc(C)c1F. The molecule has 3 nitrogen and oxygen atoms in total. The Hall–Kier alpha value is -1.43. The molecule has 0 aliphatic rings. The summed E-state index contributed by atoms with van der Waals surface area (Å²) in [6.07, 6.45) is 0.527.